The van der Waals surface area contributed by atoms with Crippen LogP contribution in [0.25, 0.3) is 0 Å². The normalized spacial score (nSPS) is 16.1. The fourth-order valence-electron chi connectivity index (χ4n) is 1.27. The van der Waals surface area contributed by atoms with Crippen LogP contribution >= 0.6 is 0 Å². The highest BCUT2D eigenvalue weighted by atomic mass is 16.5. The van der Waals surface area contributed by atoms with Crippen LogP contribution in [0.1, 0.15) is 12.8 Å². The average molecular weight is 201 g/mol. The molecule has 1 aliphatic rings. The summed E-state index contributed by atoms with van der Waals surface area (Å²) in [5, 5.41) is 19.1. The van der Waals surface area contributed by atoms with Gasteiger partial charge < -0.3 is 14.9 Å². The van der Waals surface area contributed by atoms with Gasteiger partial charge in [0.15, 0.2) is 0 Å². The molecule has 6 nitrogen and oxygen atoms in total. The van der Waals surface area contributed by atoms with Crippen LogP contribution in [-0.4, -0.2) is 35.5 Å². The van der Waals surface area contributed by atoms with E-state index >= 15 is 0 Å². The molecule has 0 atom stereocenters. The number of hydrogen-bond acceptors (Lipinski definition) is 3. The molecule has 6 heteroatoms. The molecule has 0 unspecified atom stereocenters. The van der Waals surface area contributed by atoms with E-state index in [1.165, 1.54) is 0 Å². The van der Waals surface area contributed by atoms with Crippen molar-refractivity contribution in [1.29, 1.82) is 0 Å². The molecule has 0 saturated carbocycles. The van der Waals surface area contributed by atoms with Crippen molar-refractivity contribution in [3.05, 3.63) is 11.3 Å². The topological polar surface area (TPSA) is 95.9 Å². The third-order valence-corrected chi connectivity index (χ3v) is 1.90. The Labute approximate surface area is 80.2 Å². The molecular weight excluding hydrogens is 190 g/mol. The molecule has 1 aliphatic heterocycles. The first-order valence-electron chi connectivity index (χ1n) is 4.14. The number of ether oxygens (including phenoxy) is 1. The van der Waals surface area contributed by atoms with Gasteiger partial charge in [-0.2, -0.15) is 0 Å². The van der Waals surface area contributed by atoms with Crippen molar-refractivity contribution >= 4 is 12.1 Å². The molecule has 78 valence electrons. The number of rotatable bonds is 2. The van der Waals surface area contributed by atoms with E-state index in [0.29, 0.717) is 31.6 Å². The Balaban J connectivity index is 2.82. The zero-order chi connectivity index (χ0) is 10.6. The summed E-state index contributed by atoms with van der Waals surface area (Å²) in [6.07, 6.45) is -0.439. The predicted molar refractivity (Wildman–Crippen MR) is 45.9 cm³/mol. The minimum atomic E-state index is -1.36. The molecule has 3 N–H and O–H groups in total. The van der Waals surface area contributed by atoms with Crippen LogP contribution in [0.4, 0.5) is 4.79 Å². The largest absolute Gasteiger partial charge is 0.477 e. The highest BCUT2D eigenvalue weighted by Crippen LogP contribution is 2.16. The minimum Gasteiger partial charge on any atom is -0.477 e. The molecule has 1 heterocycles. The second-order valence-corrected chi connectivity index (χ2v) is 2.83. The van der Waals surface area contributed by atoms with E-state index in [0.717, 1.165) is 0 Å². The zero-order valence-electron chi connectivity index (χ0n) is 7.45. The molecule has 0 aromatic rings. The minimum absolute atomic E-state index is 0.235. The van der Waals surface area contributed by atoms with E-state index < -0.39 is 12.1 Å². The maximum Gasteiger partial charge on any atom is 0.409 e. The fraction of sp³-hybridized carbons (Fsp3) is 0.500. The second kappa shape index (κ2) is 4.61. The third kappa shape index (κ3) is 2.74. The van der Waals surface area contributed by atoms with Crippen LogP contribution in [-0.2, 0) is 9.53 Å². The van der Waals surface area contributed by atoms with E-state index in [4.69, 9.17) is 14.9 Å². The quantitative estimate of drug-likeness (QED) is 0.562. The molecule has 14 heavy (non-hydrogen) atoms. The molecule has 0 bridgehead atoms. The van der Waals surface area contributed by atoms with Gasteiger partial charge in [-0.3, -0.25) is 5.32 Å². The first-order valence-corrected chi connectivity index (χ1v) is 4.14. The Kier molecular flexibility index (Phi) is 3.47. The summed E-state index contributed by atoms with van der Waals surface area (Å²) < 4.78 is 5.03. The van der Waals surface area contributed by atoms with Gasteiger partial charge in [0.25, 0.3) is 0 Å². The Bertz CT molecular complexity index is 275. The summed E-state index contributed by atoms with van der Waals surface area (Å²) in [6, 6.07) is 0. The number of aliphatic carboxylic acids is 1. The lowest BCUT2D eigenvalue weighted by molar-refractivity contribution is -0.133. The Morgan fingerprint density at radius 3 is 2.21 bits per heavy atom. The van der Waals surface area contributed by atoms with Gasteiger partial charge in [0.2, 0.25) is 0 Å². The molecule has 1 rings (SSSR count). The summed E-state index contributed by atoms with van der Waals surface area (Å²) in [5.74, 6) is -1.25. The van der Waals surface area contributed by atoms with Crippen LogP contribution in [0.15, 0.2) is 11.3 Å². The Hall–Kier alpha value is -1.56. The standard InChI is InChI=1S/C8H11NO5/c10-7(11)6(9-8(12)13)5-1-3-14-4-2-5/h9H,1-4H2,(H,10,11)(H,12,13). The number of carboxylic acid groups (broad SMARTS) is 2. The Morgan fingerprint density at radius 2 is 1.79 bits per heavy atom. The molecule has 0 radical (unpaired) electrons. The zero-order valence-corrected chi connectivity index (χ0v) is 7.45. The van der Waals surface area contributed by atoms with Crippen LogP contribution in [0.5, 0.6) is 0 Å². The van der Waals surface area contributed by atoms with E-state index in [-0.39, 0.29) is 5.70 Å². The van der Waals surface area contributed by atoms with Gasteiger partial charge in [0.1, 0.15) is 5.70 Å². The first-order chi connectivity index (χ1) is 6.61. The second-order valence-electron chi connectivity index (χ2n) is 2.83. The molecular formula is C8H11NO5. The van der Waals surface area contributed by atoms with Crippen LogP contribution in [0, 0.1) is 0 Å². The third-order valence-electron chi connectivity index (χ3n) is 1.90. The Morgan fingerprint density at radius 1 is 1.21 bits per heavy atom. The fourth-order valence-corrected chi connectivity index (χ4v) is 1.27. The molecule has 0 aromatic carbocycles. The molecule has 1 fully saturated rings. The molecule has 0 aromatic heterocycles. The number of nitrogens with one attached hydrogen (secondary N) is 1. The van der Waals surface area contributed by atoms with Crippen molar-refractivity contribution in [2.24, 2.45) is 0 Å². The van der Waals surface area contributed by atoms with E-state index in [2.05, 4.69) is 0 Å². The van der Waals surface area contributed by atoms with Crippen molar-refractivity contribution in [1.82, 2.24) is 5.32 Å². The van der Waals surface area contributed by atoms with Crippen molar-refractivity contribution < 1.29 is 24.5 Å². The molecule has 0 spiro atoms. The van der Waals surface area contributed by atoms with E-state index in [9.17, 15) is 9.59 Å². The highest BCUT2D eigenvalue weighted by molar-refractivity contribution is 5.91. The van der Waals surface area contributed by atoms with Gasteiger partial charge in [-0.05, 0) is 18.4 Å². The maximum absolute atomic E-state index is 10.7. The van der Waals surface area contributed by atoms with E-state index in [1.54, 1.807) is 0 Å². The smallest absolute Gasteiger partial charge is 0.409 e. The van der Waals surface area contributed by atoms with Crippen molar-refractivity contribution in [2.75, 3.05) is 13.2 Å². The van der Waals surface area contributed by atoms with E-state index in [1.807, 2.05) is 5.32 Å². The van der Waals surface area contributed by atoms with Gasteiger partial charge in [-0.25, -0.2) is 9.59 Å². The lowest BCUT2D eigenvalue weighted by Crippen LogP contribution is -2.28. The highest BCUT2D eigenvalue weighted by Gasteiger charge is 2.18. The first kappa shape index (κ1) is 10.5. The molecule has 0 aliphatic carbocycles. The summed E-state index contributed by atoms with van der Waals surface area (Å²) in [4.78, 5) is 21.0. The SMILES string of the molecule is O=C(O)NC(C(=O)O)=C1CCOCC1. The van der Waals surface area contributed by atoms with Crippen LogP contribution in [0.2, 0.25) is 0 Å². The summed E-state index contributed by atoms with van der Waals surface area (Å²) in [7, 11) is 0. The molecule has 1 saturated heterocycles. The number of hydrogen-bond donors (Lipinski definition) is 3. The summed E-state index contributed by atoms with van der Waals surface area (Å²) in [5.41, 5.74) is 0.354. The van der Waals surface area contributed by atoms with Gasteiger partial charge in [0, 0.05) is 0 Å². The lowest BCUT2D eigenvalue weighted by Gasteiger charge is -2.17. The van der Waals surface area contributed by atoms with Crippen molar-refractivity contribution in [3.63, 3.8) is 0 Å². The number of carboxylic acids is 1. The number of amides is 1. The van der Waals surface area contributed by atoms with Gasteiger partial charge >= 0.3 is 12.1 Å². The lowest BCUT2D eigenvalue weighted by atomic mass is 10.1. The van der Waals surface area contributed by atoms with Gasteiger partial charge in [0.05, 0.1) is 13.2 Å². The average Bonchev–Trinajstić information content (AvgIpc) is 2.15. The van der Waals surface area contributed by atoms with Crippen molar-refractivity contribution in [2.45, 2.75) is 12.8 Å². The predicted octanol–water partition coefficient (Wildman–Crippen LogP) is 0.403. The monoisotopic (exact) mass is 201 g/mol. The number of carbonyl (C=O) groups is 2. The summed E-state index contributed by atoms with van der Waals surface area (Å²) >= 11 is 0. The van der Waals surface area contributed by atoms with Gasteiger partial charge in [-0.15, -0.1) is 0 Å². The van der Waals surface area contributed by atoms with Gasteiger partial charge in [-0.1, -0.05) is 0 Å². The van der Waals surface area contributed by atoms with Crippen molar-refractivity contribution in [3.8, 4) is 0 Å². The maximum atomic E-state index is 10.7. The van der Waals surface area contributed by atoms with Crippen LogP contribution < -0.4 is 5.32 Å². The molecule has 1 amide bonds. The van der Waals surface area contributed by atoms with Crippen LogP contribution in [0.3, 0.4) is 0 Å². The summed E-state index contributed by atoms with van der Waals surface area (Å²) in [6.45, 7) is 0.876.